The van der Waals surface area contributed by atoms with Crippen molar-refractivity contribution in [2.24, 2.45) is 11.8 Å². The zero-order valence-corrected chi connectivity index (χ0v) is 11.1. The van der Waals surface area contributed by atoms with Crippen LogP contribution < -0.4 is 5.32 Å². The average molecular weight is 250 g/mol. The minimum atomic E-state index is 0.119. The van der Waals surface area contributed by atoms with Crippen molar-refractivity contribution in [3.63, 3.8) is 0 Å². The van der Waals surface area contributed by atoms with Crippen LogP contribution >= 0.6 is 11.3 Å². The van der Waals surface area contributed by atoms with Gasteiger partial charge in [0.2, 0.25) is 5.91 Å². The van der Waals surface area contributed by atoms with Crippen molar-refractivity contribution in [2.45, 2.75) is 26.4 Å². The summed E-state index contributed by atoms with van der Waals surface area (Å²) < 4.78 is 0. The van der Waals surface area contributed by atoms with E-state index < -0.39 is 0 Å². The monoisotopic (exact) mass is 250 g/mol. The van der Waals surface area contributed by atoms with Crippen LogP contribution in [0.3, 0.4) is 0 Å². The lowest BCUT2D eigenvalue weighted by atomic mass is 10.3. The highest BCUT2D eigenvalue weighted by atomic mass is 32.1. The first-order valence-electron chi connectivity index (χ1n) is 6.24. The van der Waals surface area contributed by atoms with Gasteiger partial charge >= 0.3 is 0 Å². The number of nitrogens with zero attached hydrogens (tertiary/aromatic N) is 1. The van der Waals surface area contributed by atoms with Crippen LogP contribution in [0.1, 0.15) is 29.3 Å². The second kappa shape index (κ2) is 4.10. The molecule has 1 amide bonds. The molecule has 1 aliphatic carbocycles. The summed E-state index contributed by atoms with van der Waals surface area (Å²) in [4.78, 5) is 16.5. The maximum Gasteiger partial charge on any atom is 0.238 e. The summed E-state index contributed by atoms with van der Waals surface area (Å²) in [6.45, 7) is 5.79. The van der Waals surface area contributed by atoms with Crippen molar-refractivity contribution < 1.29 is 4.79 Å². The molecule has 3 rings (SSSR count). The van der Waals surface area contributed by atoms with Crippen LogP contribution in [0, 0.1) is 18.8 Å². The van der Waals surface area contributed by atoms with Gasteiger partial charge in [0.1, 0.15) is 6.17 Å². The van der Waals surface area contributed by atoms with E-state index in [4.69, 9.17) is 0 Å². The van der Waals surface area contributed by atoms with E-state index in [0.717, 1.165) is 18.4 Å². The van der Waals surface area contributed by atoms with E-state index in [1.54, 1.807) is 11.3 Å². The highest BCUT2D eigenvalue weighted by Crippen LogP contribution is 2.40. The van der Waals surface area contributed by atoms with E-state index >= 15 is 0 Å². The van der Waals surface area contributed by atoms with Crippen molar-refractivity contribution in [1.82, 2.24) is 10.2 Å². The number of thiophene rings is 1. The van der Waals surface area contributed by atoms with Crippen LogP contribution in [-0.2, 0) is 4.79 Å². The molecule has 3 nitrogen and oxygen atoms in total. The molecule has 0 radical (unpaired) electrons. The number of carbonyl (C=O) groups excluding carboxylic acids is 1. The number of rotatable bonds is 3. The minimum absolute atomic E-state index is 0.119. The van der Waals surface area contributed by atoms with Gasteiger partial charge in [-0.2, -0.15) is 0 Å². The highest BCUT2D eigenvalue weighted by Gasteiger charge is 2.40. The number of amides is 1. The lowest BCUT2D eigenvalue weighted by molar-refractivity contribution is -0.128. The maximum atomic E-state index is 11.9. The van der Waals surface area contributed by atoms with Gasteiger partial charge in [0.25, 0.3) is 0 Å². The summed E-state index contributed by atoms with van der Waals surface area (Å²) in [5.74, 6) is 1.77. The zero-order valence-electron chi connectivity index (χ0n) is 10.3. The Morgan fingerprint density at radius 3 is 2.88 bits per heavy atom. The average Bonchev–Trinajstić information content (AvgIpc) is 2.68. The van der Waals surface area contributed by atoms with Crippen molar-refractivity contribution in [2.75, 3.05) is 13.1 Å². The predicted molar refractivity (Wildman–Crippen MR) is 68.8 cm³/mol. The van der Waals surface area contributed by atoms with E-state index in [1.165, 1.54) is 16.2 Å². The van der Waals surface area contributed by atoms with Gasteiger partial charge in [0, 0.05) is 16.3 Å². The molecular formula is C13H18N2OS. The second-order valence-corrected chi connectivity index (χ2v) is 6.57. The first kappa shape index (κ1) is 11.2. The van der Waals surface area contributed by atoms with Crippen LogP contribution in [0.4, 0.5) is 0 Å². The minimum Gasteiger partial charge on any atom is -0.321 e. The molecule has 2 heterocycles. The van der Waals surface area contributed by atoms with Gasteiger partial charge in [-0.25, -0.2) is 0 Å². The summed E-state index contributed by atoms with van der Waals surface area (Å²) in [5.41, 5.74) is 0. The van der Waals surface area contributed by atoms with Crippen molar-refractivity contribution in [3.05, 3.63) is 21.9 Å². The van der Waals surface area contributed by atoms with E-state index in [0.29, 0.717) is 6.54 Å². The summed E-state index contributed by atoms with van der Waals surface area (Å²) in [6.07, 6.45) is 1.40. The van der Waals surface area contributed by atoms with Gasteiger partial charge in [0.05, 0.1) is 6.54 Å². The topological polar surface area (TPSA) is 32.3 Å². The third-order valence-corrected chi connectivity index (χ3v) is 4.87. The SMILES string of the molecule is Cc1ccc(C2NCC(=O)N2CC2CC2C)s1. The van der Waals surface area contributed by atoms with Gasteiger partial charge in [-0.15, -0.1) is 11.3 Å². The Morgan fingerprint density at radius 1 is 1.53 bits per heavy atom. The number of aryl methyl sites for hydroxylation is 1. The first-order valence-corrected chi connectivity index (χ1v) is 7.06. The molecule has 0 aromatic carbocycles. The molecule has 1 saturated carbocycles. The molecule has 1 aromatic rings. The Balaban J connectivity index is 1.76. The second-order valence-electron chi connectivity index (χ2n) is 5.25. The number of hydrogen-bond acceptors (Lipinski definition) is 3. The van der Waals surface area contributed by atoms with Gasteiger partial charge in [0.15, 0.2) is 0 Å². The molecule has 3 atom stereocenters. The van der Waals surface area contributed by atoms with Gasteiger partial charge in [-0.3, -0.25) is 10.1 Å². The highest BCUT2D eigenvalue weighted by molar-refractivity contribution is 7.12. The Kier molecular flexibility index (Phi) is 2.71. The molecule has 92 valence electrons. The van der Waals surface area contributed by atoms with Gasteiger partial charge in [-0.05, 0) is 37.3 Å². The molecule has 0 spiro atoms. The lowest BCUT2D eigenvalue weighted by Crippen LogP contribution is -2.31. The smallest absolute Gasteiger partial charge is 0.238 e. The fourth-order valence-electron chi connectivity index (χ4n) is 2.51. The molecular weight excluding hydrogens is 232 g/mol. The van der Waals surface area contributed by atoms with Crippen LogP contribution in [0.25, 0.3) is 0 Å². The maximum absolute atomic E-state index is 11.9. The first-order chi connectivity index (χ1) is 8.15. The summed E-state index contributed by atoms with van der Waals surface area (Å²) in [5, 5.41) is 3.32. The van der Waals surface area contributed by atoms with E-state index in [9.17, 15) is 4.79 Å². The number of hydrogen-bond donors (Lipinski definition) is 1. The van der Waals surface area contributed by atoms with E-state index in [-0.39, 0.29) is 12.1 Å². The van der Waals surface area contributed by atoms with Crippen molar-refractivity contribution in [3.8, 4) is 0 Å². The third-order valence-electron chi connectivity index (χ3n) is 3.82. The molecule has 1 aliphatic heterocycles. The molecule has 0 bridgehead atoms. The largest absolute Gasteiger partial charge is 0.321 e. The quantitative estimate of drug-likeness (QED) is 0.891. The summed E-state index contributed by atoms with van der Waals surface area (Å²) >= 11 is 1.78. The van der Waals surface area contributed by atoms with Crippen LogP contribution in [0.2, 0.25) is 0 Å². The molecule has 1 saturated heterocycles. The van der Waals surface area contributed by atoms with Crippen LogP contribution in [0.15, 0.2) is 12.1 Å². The van der Waals surface area contributed by atoms with E-state index in [1.807, 2.05) is 4.90 Å². The molecule has 1 N–H and O–H groups in total. The molecule has 2 fully saturated rings. The predicted octanol–water partition coefficient (Wildman–Crippen LogP) is 2.14. The Bertz CT molecular complexity index is 442. The van der Waals surface area contributed by atoms with Crippen LogP contribution in [-0.4, -0.2) is 23.9 Å². The fraction of sp³-hybridized carbons (Fsp3) is 0.615. The number of nitrogens with one attached hydrogen (secondary N) is 1. The normalized spacial score (nSPS) is 32.2. The van der Waals surface area contributed by atoms with Gasteiger partial charge < -0.3 is 4.90 Å². The summed E-state index contributed by atoms with van der Waals surface area (Å²) in [7, 11) is 0. The van der Waals surface area contributed by atoms with Gasteiger partial charge in [-0.1, -0.05) is 6.92 Å². The van der Waals surface area contributed by atoms with Crippen molar-refractivity contribution in [1.29, 1.82) is 0 Å². The molecule has 3 unspecified atom stereocenters. The third kappa shape index (κ3) is 2.11. The summed E-state index contributed by atoms with van der Waals surface area (Å²) in [6, 6.07) is 4.27. The zero-order chi connectivity index (χ0) is 12.0. The Morgan fingerprint density at radius 2 is 2.29 bits per heavy atom. The van der Waals surface area contributed by atoms with E-state index in [2.05, 4.69) is 31.3 Å². The number of carbonyl (C=O) groups is 1. The molecule has 2 aliphatic rings. The Hall–Kier alpha value is -0.870. The fourth-order valence-corrected chi connectivity index (χ4v) is 3.47. The molecule has 4 heteroatoms. The molecule has 1 aromatic heterocycles. The van der Waals surface area contributed by atoms with Crippen LogP contribution in [0.5, 0.6) is 0 Å². The Labute approximate surface area is 106 Å². The lowest BCUT2D eigenvalue weighted by Gasteiger charge is -2.23. The molecule has 17 heavy (non-hydrogen) atoms. The van der Waals surface area contributed by atoms with Crippen molar-refractivity contribution >= 4 is 17.2 Å². The standard InChI is InChI=1S/C13H18N2OS/c1-8-5-10(8)7-15-12(16)6-14-13(15)11-4-3-9(2)17-11/h3-4,8,10,13-14H,5-7H2,1-2H3.